The molecule has 4 rings (SSSR count). The Morgan fingerprint density at radius 2 is 1.80 bits per heavy atom. The van der Waals surface area contributed by atoms with Gasteiger partial charge in [0.05, 0.1) is 17.3 Å². The first kappa shape index (κ1) is 24.2. The number of aromatic nitrogens is 4. The number of hydrogen-bond donors (Lipinski definition) is 2. The van der Waals surface area contributed by atoms with E-state index in [1.165, 1.54) is 30.5 Å². The maximum atomic E-state index is 13.1. The third-order valence-corrected chi connectivity index (χ3v) is 5.82. The molecule has 1 aromatic carbocycles. The van der Waals surface area contributed by atoms with Crippen LogP contribution in [-0.4, -0.2) is 49.7 Å². The molecule has 9 nitrogen and oxygen atoms in total. The van der Waals surface area contributed by atoms with E-state index in [4.69, 9.17) is 0 Å². The van der Waals surface area contributed by atoms with Crippen LogP contribution in [0.4, 0.5) is 16.0 Å². The fourth-order valence-corrected chi connectivity index (χ4v) is 4.16. The van der Waals surface area contributed by atoms with Gasteiger partial charge in [-0.3, -0.25) is 9.59 Å². The van der Waals surface area contributed by atoms with Gasteiger partial charge < -0.3 is 15.5 Å². The summed E-state index contributed by atoms with van der Waals surface area (Å²) in [5.41, 5.74) is 3.06. The number of nitrogens with zero attached hydrogens (tertiary/aromatic N) is 5. The zero-order valence-electron chi connectivity index (χ0n) is 20.0. The Balaban J connectivity index is 1.38. The van der Waals surface area contributed by atoms with Crippen LogP contribution in [0.1, 0.15) is 58.6 Å². The smallest absolute Gasteiger partial charge is 0.259 e. The lowest BCUT2D eigenvalue weighted by Crippen LogP contribution is -2.33. The van der Waals surface area contributed by atoms with E-state index in [0.717, 1.165) is 24.2 Å². The molecule has 0 bridgehead atoms. The fraction of sp³-hybridized carbons (Fsp3) is 0.360. The number of carbonyl (C=O) groups excluding carboxylic acids is 2. The molecule has 1 aliphatic heterocycles. The predicted molar refractivity (Wildman–Crippen MR) is 129 cm³/mol. The maximum absolute atomic E-state index is 13.1. The standard InChI is InChI=1S/C25H28FN7O2/c1-15-13-16(2)30-25(29-15)27-11-10-22(34)33-12-4-5-21(33)23-28-14-20(17(3)31-23)24(35)32-19-8-6-18(26)7-9-19/h6-9,13-14,21H,4-5,10-12H2,1-3H3,(H,32,35)(H,27,29,30)/t21-/m0/s1. The molecule has 2 aromatic heterocycles. The van der Waals surface area contributed by atoms with Crippen molar-refractivity contribution < 1.29 is 14.0 Å². The average molecular weight is 478 g/mol. The molecule has 0 saturated carbocycles. The van der Waals surface area contributed by atoms with Crippen molar-refractivity contribution in [3.63, 3.8) is 0 Å². The summed E-state index contributed by atoms with van der Waals surface area (Å²) in [6.07, 6.45) is 3.40. The highest BCUT2D eigenvalue weighted by Gasteiger charge is 2.32. The van der Waals surface area contributed by atoms with Gasteiger partial charge in [0.1, 0.15) is 5.82 Å². The number of rotatable bonds is 7. The topological polar surface area (TPSA) is 113 Å². The van der Waals surface area contributed by atoms with Crippen LogP contribution in [0.25, 0.3) is 0 Å². The van der Waals surface area contributed by atoms with Gasteiger partial charge >= 0.3 is 0 Å². The molecule has 1 atom stereocenters. The van der Waals surface area contributed by atoms with Crippen molar-refractivity contribution in [2.75, 3.05) is 23.7 Å². The highest BCUT2D eigenvalue weighted by atomic mass is 19.1. The molecule has 3 aromatic rings. The SMILES string of the molecule is Cc1cc(C)nc(NCCC(=O)N2CCC[C@H]2c2ncc(C(=O)Nc3ccc(F)cc3)c(C)n2)n1. The Labute approximate surface area is 203 Å². The van der Waals surface area contributed by atoms with Crippen LogP contribution in [-0.2, 0) is 4.79 Å². The number of amides is 2. The van der Waals surface area contributed by atoms with Crippen molar-refractivity contribution in [3.8, 4) is 0 Å². The number of anilines is 2. The van der Waals surface area contributed by atoms with Gasteiger partial charge in [0, 0.05) is 42.8 Å². The molecule has 35 heavy (non-hydrogen) atoms. The molecule has 0 aliphatic carbocycles. The van der Waals surface area contributed by atoms with Crippen molar-refractivity contribution >= 4 is 23.5 Å². The summed E-state index contributed by atoms with van der Waals surface area (Å²) in [5.74, 6) is 0.291. The highest BCUT2D eigenvalue weighted by Crippen LogP contribution is 2.30. The minimum absolute atomic E-state index is 0.00348. The average Bonchev–Trinajstić information content (AvgIpc) is 3.30. The van der Waals surface area contributed by atoms with Gasteiger partial charge in [0.15, 0.2) is 5.82 Å². The Hall–Kier alpha value is -3.95. The molecule has 0 radical (unpaired) electrons. The van der Waals surface area contributed by atoms with Crippen molar-refractivity contribution in [2.45, 2.75) is 46.1 Å². The van der Waals surface area contributed by atoms with Crippen LogP contribution in [0.15, 0.2) is 36.5 Å². The summed E-state index contributed by atoms with van der Waals surface area (Å²) in [6.45, 7) is 6.60. The number of carbonyl (C=O) groups is 2. The van der Waals surface area contributed by atoms with Crippen LogP contribution in [0.3, 0.4) is 0 Å². The largest absolute Gasteiger partial charge is 0.354 e. The van der Waals surface area contributed by atoms with Gasteiger partial charge in [0.25, 0.3) is 5.91 Å². The molecule has 2 N–H and O–H groups in total. The number of aryl methyl sites for hydroxylation is 3. The normalized spacial score (nSPS) is 15.2. The first-order chi connectivity index (χ1) is 16.8. The van der Waals surface area contributed by atoms with E-state index in [9.17, 15) is 14.0 Å². The number of halogens is 1. The Morgan fingerprint density at radius 3 is 2.49 bits per heavy atom. The summed E-state index contributed by atoms with van der Waals surface area (Å²) in [6, 6.07) is 7.19. The number of likely N-dealkylation sites (tertiary alicyclic amines) is 1. The molecule has 1 fully saturated rings. The van der Waals surface area contributed by atoms with E-state index in [2.05, 4.69) is 30.6 Å². The number of hydrogen-bond acceptors (Lipinski definition) is 7. The first-order valence-electron chi connectivity index (χ1n) is 11.6. The molecule has 182 valence electrons. The van der Waals surface area contributed by atoms with Crippen LogP contribution >= 0.6 is 0 Å². The highest BCUT2D eigenvalue weighted by molar-refractivity contribution is 6.04. The zero-order valence-corrected chi connectivity index (χ0v) is 20.0. The second kappa shape index (κ2) is 10.5. The van der Waals surface area contributed by atoms with Gasteiger partial charge in [0.2, 0.25) is 11.9 Å². The predicted octanol–water partition coefficient (Wildman–Crippen LogP) is 3.75. The molecule has 10 heteroatoms. The zero-order chi connectivity index (χ0) is 24.9. The van der Waals surface area contributed by atoms with Crippen LogP contribution in [0.5, 0.6) is 0 Å². The molecule has 2 amide bonds. The molecule has 1 aliphatic rings. The third-order valence-electron chi connectivity index (χ3n) is 5.82. The van der Waals surface area contributed by atoms with E-state index in [1.807, 2.05) is 19.9 Å². The summed E-state index contributed by atoms with van der Waals surface area (Å²) in [4.78, 5) is 45.0. The van der Waals surface area contributed by atoms with E-state index in [0.29, 0.717) is 48.2 Å². The Bertz CT molecular complexity index is 1210. The summed E-state index contributed by atoms with van der Waals surface area (Å²) in [7, 11) is 0. The van der Waals surface area contributed by atoms with Gasteiger partial charge in [-0.1, -0.05) is 0 Å². The first-order valence-corrected chi connectivity index (χ1v) is 11.6. The van der Waals surface area contributed by atoms with E-state index in [1.54, 1.807) is 11.8 Å². The maximum Gasteiger partial charge on any atom is 0.259 e. The quantitative estimate of drug-likeness (QED) is 0.533. The van der Waals surface area contributed by atoms with Gasteiger partial charge in [-0.15, -0.1) is 0 Å². The third kappa shape index (κ3) is 5.95. The lowest BCUT2D eigenvalue weighted by Gasteiger charge is -2.24. The lowest BCUT2D eigenvalue weighted by molar-refractivity contribution is -0.132. The van der Waals surface area contributed by atoms with E-state index >= 15 is 0 Å². The van der Waals surface area contributed by atoms with Gasteiger partial charge in [-0.2, -0.15) is 0 Å². The number of nitrogens with one attached hydrogen (secondary N) is 2. The minimum atomic E-state index is -0.378. The Morgan fingerprint density at radius 1 is 1.09 bits per heavy atom. The van der Waals surface area contributed by atoms with Crippen LogP contribution in [0, 0.1) is 26.6 Å². The van der Waals surface area contributed by atoms with Gasteiger partial charge in [-0.05, 0) is 63.9 Å². The number of benzene rings is 1. The summed E-state index contributed by atoms with van der Waals surface area (Å²) in [5, 5.41) is 5.84. The summed E-state index contributed by atoms with van der Waals surface area (Å²) < 4.78 is 13.1. The van der Waals surface area contributed by atoms with Gasteiger partial charge in [-0.25, -0.2) is 24.3 Å². The molecule has 3 heterocycles. The lowest BCUT2D eigenvalue weighted by atomic mass is 10.1. The monoisotopic (exact) mass is 477 g/mol. The van der Waals surface area contributed by atoms with E-state index in [-0.39, 0.29) is 23.7 Å². The molecular weight excluding hydrogens is 449 g/mol. The molecular formula is C25H28FN7O2. The molecule has 1 saturated heterocycles. The van der Waals surface area contributed by atoms with Crippen molar-refractivity contribution in [3.05, 3.63) is 70.8 Å². The molecule has 0 spiro atoms. The molecule has 0 unspecified atom stereocenters. The van der Waals surface area contributed by atoms with Crippen LogP contribution in [0.2, 0.25) is 0 Å². The van der Waals surface area contributed by atoms with E-state index < -0.39 is 0 Å². The Kier molecular flexibility index (Phi) is 7.28. The second-order valence-electron chi connectivity index (χ2n) is 8.58. The second-order valence-corrected chi connectivity index (χ2v) is 8.58. The van der Waals surface area contributed by atoms with Crippen LogP contribution < -0.4 is 10.6 Å². The van der Waals surface area contributed by atoms with Crippen molar-refractivity contribution in [2.24, 2.45) is 0 Å². The fourth-order valence-electron chi connectivity index (χ4n) is 4.16. The van der Waals surface area contributed by atoms with Crippen molar-refractivity contribution in [1.82, 2.24) is 24.8 Å². The van der Waals surface area contributed by atoms with Crippen molar-refractivity contribution in [1.29, 1.82) is 0 Å². The summed E-state index contributed by atoms with van der Waals surface area (Å²) >= 11 is 0. The minimum Gasteiger partial charge on any atom is -0.354 e.